The maximum absolute atomic E-state index is 2.63. The fraction of sp³-hybridized carbons (Fsp3) is 0.529. The first-order valence-electron chi connectivity index (χ1n) is 7.67. The molecule has 0 N–H and O–H groups in total. The number of hydrogen-bond acceptors (Lipinski definition) is 1. The molecule has 2 heteroatoms. The monoisotopic (exact) mass is 256 g/mol. The van der Waals surface area contributed by atoms with Crippen molar-refractivity contribution in [3.63, 3.8) is 0 Å². The van der Waals surface area contributed by atoms with Crippen molar-refractivity contribution in [3.8, 4) is 0 Å². The van der Waals surface area contributed by atoms with Crippen LogP contribution in [0.3, 0.4) is 0 Å². The van der Waals surface area contributed by atoms with Gasteiger partial charge in [0.25, 0.3) is 0 Å². The summed E-state index contributed by atoms with van der Waals surface area (Å²) in [6.45, 7) is 6.94. The van der Waals surface area contributed by atoms with Gasteiger partial charge in [-0.25, -0.2) is 0 Å². The van der Waals surface area contributed by atoms with Crippen molar-refractivity contribution in [3.05, 3.63) is 36.0 Å². The van der Waals surface area contributed by atoms with Gasteiger partial charge in [-0.2, -0.15) is 0 Å². The minimum absolute atomic E-state index is 1.06. The smallest absolute Gasteiger partial charge is 0.0483 e. The number of aryl methyl sites for hydroxylation is 1. The van der Waals surface area contributed by atoms with E-state index in [-0.39, 0.29) is 0 Å². The Morgan fingerprint density at radius 1 is 1.00 bits per heavy atom. The van der Waals surface area contributed by atoms with E-state index < -0.39 is 0 Å². The van der Waals surface area contributed by atoms with Gasteiger partial charge in [-0.05, 0) is 44.5 Å². The normalized spacial score (nSPS) is 17.7. The zero-order valence-corrected chi connectivity index (χ0v) is 11.9. The minimum atomic E-state index is 1.06. The van der Waals surface area contributed by atoms with E-state index in [1.807, 2.05) is 0 Å². The standard InChI is InChI=1S/C17H24N2/c1-2-19-14-15(16-9-5-6-10-17(16)19)13-18-11-7-3-4-8-12-18/h5-6,9-10,14H,2-4,7-8,11-13H2,1H3. The number of aromatic nitrogens is 1. The van der Waals surface area contributed by atoms with E-state index >= 15 is 0 Å². The van der Waals surface area contributed by atoms with Crippen molar-refractivity contribution in [1.82, 2.24) is 9.47 Å². The van der Waals surface area contributed by atoms with Crippen LogP contribution in [0.4, 0.5) is 0 Å². The molecule has 1 aromatic heterocycles. The average Bonchev–Trinajstić information content (AvgIpc) is 2.62. The maximum Gasteiger partial charge on any atom is 0.0483 e. The fourth-order valence-corrected chi connectivity index (χ4v) is 3.25. The van der Waals surface area contributed by atoms with Gasteiger partial charge in [0.05, 0.1) is 0 Å². The van der Waals surface area contributed by atoms with Gasteiger partial charge in [0, 0.05) is 30.2 Å². The Bertz CT molecular complexity index is 533. The molecule has 0 atom stereocenters. The lowest BCUT2D eigenvalue weighted by atomic mass is 10.1. The van der Waals surface area contributed by atoms with Gasteiger partial charge in [0.15, 0.2) is 0 Å². The molecule has 0 spiro atoms. The van der Waals surface area contributed by atoms with Crippen molar-refractivity contribution < 1.29 is 0 Å². The third-order valence-electron chi connectivity index (χ3n) is 4.30. The van der Waals surface area contributed by atoms with Crippen molar-refractivity contribution in [2.75, 3.05) is 13.1 Å². The summed E-state index contributed by atoms with van der Waals surface area (Å²) < 4.78 is 2.38. The van der Waals surface area contributed by atoms with Crippen molar-refractivity contribution >= 4 is 10.9 Å². The molecule has 1 aromatic carbocycles. The van der Waals surface area contributed by atoms with E-state index in [0.29, 0.717) is 0 Å². The zero-order chi connectivity index (χ0) is 13.1. The molecule has 0 saturated carbocycles. The highest BCUT2D eigenvalue weighted by Gasteiger charge is 2.13. The lowest BCUT2D eigenvalue weighted by molar-refractivity contribution is 0.278. The summed E-state index contributed by atoms with van der Waals surface area (Å²) in [5.41, 5.74) is 2.88. The van der Waals surface area contributed by atoms with Gasteiger partial charge in [0.2, 0.25) is 0 Å². The first-order valence-corrected chi connectivity index (χ1v) is 7.67. The first kappa shape index (κ1) is 12.7. The molecule has 2 aromatic rings. The molecule has 0 amide bonds. The van der Waals surface area contributed by atoms with E-state index in [1.54, 1.807) is 0 Å². The van der Waals surface area contributed by atoms with Gasteiger partial charge < -0.3 is 4.57 Å². The number of likely N-dealkylation sites (tertiary alicyclic amines) is 1. The summed E-state index contributed by atoms with van der Waals surface area (Å²) in [5, 5.41) is 1.44. The molecule has 1 aliphatic heterocycles. The van der Waals surface area contributed by atoms with Crippen LogP contribution in [0.15, 0.2) is 30.5 Å². The van der Waals surface area contributed by atoms with Crippen molar-refractivity contribution in [2.24, 2.45) is 0 Å². The first-order chi connectivity index (χ1) is 9.38. The van der Waals surface area contributed by atoms with E-state index in [0.717, 1.165) is 13.1 Å². The quantitative estimate of drug-likeness (QED) is 0.804. The molecule has 19 heavy (non-hydrogen) atoms. The van der Waals surface area contributed by atoms with Crippen LogP contribution in [-0.4, -0.2) is 22.6 Å². The SMILES string of the molecule is CCn1cc(CN2CCCCCC2)c2ccccc21. The summed E-state index contributed by atoms with van der Waals surface area (Å²) >= 11 is 0. The number of para-hydroxylation sites is 1. The second kappa shape index (κ2) is 5.79. The van der Waals surface area contributed by atoms with E-state index in [1.165, 1.54) is 55.2 Å². The molecular weight excluding hydrogens is 232 g/mol. The van der Waals surface area contributed by atoms with Gasteiger partial charge in [-0.1, -0.05) is 31.0 Å². The second-order valence-corrected chi connectivity index (χ2v) is 5.65. The number of nitrogens with zero attached hydrogens (tertiary/aromatic N) is 2. The third kappa shape index (κ3) is 2.69. The van der Waals surface area contributed by atoms with Crippen LogP contribution in [0.2, 0.25) is 0 Å². The van der Waals surface area contributed by atoms with E-state index in [9.17, 15) is 0 Å². The molecule has 1 saturated heterocycles. The second-order valence-electron chi connectivity index (χ2n) is 5.65. The summed E-state index contributed by atoms with van der Waals surface area (Å²) in [6.07, 6.45) is 7.91. The molecular formula is C17H24N2. The van der Waals surface area contributed by atoms with Crippen LogP contribution in [0.25, 0.3) is 10.9 Å². The Hall–Kier alpha value is -1.28. The number of benzene rings is 1. The van der Waals surface area contributed by atoms with Gasteiger partial charge >= 0.3 is 0 Å². The van der Waals surface area contributed by atoms with Crippen LogP contribution in [0, 0.1) is 0 Å². The molecule has 0 unspecified atom stereocenters. The summed E-state index contributed by atoms with van der Waals surface area (Å²) in [7, 11) is 0. The maximum atomic E-state index is 2.63. The molecule has 0 radical (unpaired) electrons. The molecule has 2 nitrogen and oxygen atoms in total. The highest BCUT2D eigenvalue weighted by molar-refractivity contribution is 5.83. The molecule has 102 valence electrons. The summed E-state index contributed by atoms with van der Waals surface area (Å²) in [4.78, 5) is 2.63. The molecule has 3 rings (SSSR count). The molecule has 0 aliphatic carbocycles. The minimum Gasteiger partial charge on any atom is -0.347 e. The number of hydrogen-bond donors (Lipinski definition) is 0. The highest BCUT2D eigenvalue weighted by Crippen LogP contribution is 2.23. The van der Waals surface area contributed by atoms with Crippen LogP contribution in [-0.2, 0) is 13.1 Å². The molecule has 2 heterocycles. The molecule has 0 bridgehead atoms. The summed E-state index contributed by atoms with van der Waals surface area (Å²) in [6, 6.07) is 8.82. The van der Waals surface area contributed by atoms with Crippen molar-refractivity contribution in [1.29, 1.82) is 0 Å². The topological polar surface area (TPSA) is 8.17 Å². The van der Waals surface area contributed by atoms with Gasteiger partial charge in [0.1, 0.15) is 0 Å². The van der Waals surface area contributed by atoms with Crippen LogP contribution >= 0.6 is 0 Å². The van der Waals surface area contributed by atoms with Crippen LogP contribution in [0.5, 0.6) is 0 Å². The van der Waals surface area contributed by atoms with Crippen molar-refractivity contribution in [2.45, 2.75) is 45.7 Å². The molecule has 1 fully saturated rings. The van der Waals surface area contributed by atoms with E-state index in [4.69, 9.17) is 0 Å². The fourth-order valence-electron chi connectivity index (χ4n) is 3.25. The highest BCUT2D eigenvalue weighted by atomic mass is 15.1. The Labute approximate surface area is 116 Å². The van der Waals surface area contributed by atoms with Gasteiger partial charge in [-0.15, -0.1) is 0 Å². The Balaban J connectivity index is 1.87. The van der Waals surface area contributed by atoms with Crippen LogP contribution < -0.4 is 0 Å². The van der Waals surface area contributed by atoms with Gasteiger partial charge in [-0.3, -0.25) is 4.90 Å². The predicted octanol–water partition coefficient (Wildman–Crippen LogP) is 4.04. The number of rotatable bonds is 3. The average molecular weight is 256 g/mol. The summed E-state index contributed by atoms with van der Waals surface area (Å²) in [5.74, 6) is 0. The Kier molecular flexibility index (Phi) is 3.88. The van der Waals surface area contributed by atoms with Crippen LogP contribution in [0.1, 0.15) is 38.2 Å². The largest absolute Gasteiger partial charge is 0.347 e. The lowest BCUT2D eigenvalue weighted by Crippen LogP contribution is -2.23. The Morgan fingerprint density at radius 2 is 1.74 bits per heavy atom. The lowest BCUT2D eigenvalue weighted by Gasteiger charge is -2.19. The zero-order valence-electron chi connectivity index (χ0n) is 11.9. The van der Waals surface area contributed by atoms with E-state index in [2.05, 4.69) is 46.9 Å². The Morgan fingerprint density at radius 3 is 2.47 bits per heavy atom. The third-order valence-corrected chi connectivity index (χ3v) is 4.30. The molecule has 1 aliphatic rings. The number of fused-ring (bicyclic) bond motifs is 1. The predicted molar refractivity (Wildman–Crippen MR) is 81.4 cm³/mol.